The summed E-state index contributed by atoms with van der Waals surface area (Å²) in [6, 6.07) is 0. The fraction of sp³-hybridized carbons (Fsp3) is 1.00. The minimum Gasteiger partial charge on any atom is -0.330 e. The summed E-state index contributed by atoms with van der Waals surface area (Å²) in [7, 11) is -2.95. The van der Waals surface area contributed by atoms with E-state index in [2.05, 4.69) is 6.92 Å². The molecule has 0 bridgehead atoms. The normalized spacial score (nSPS) is 22.3. The molecular weight excluding hydrogens is 294 g/mol. The SMILES string of the molecule is CC1(CS(=O)(=O)CCCN)CCCCCCCCCCCC1. The Morgan fingerprint density at radius 3 is 1.64 bits per heavy atom. The molecule has 22 heavy (non-hydrogen) atoms. The van der Waals surface area contributed by atoms with Gasteiger partial charge in [-0.05, 0) is 31.2 Å². The number of rotatable bonds is 5. The van der Waals surface area contributed by atoms with Crippen molar-refractivity contribution in [2.24, 2.45) is 11.1 Å². The van der Waals surface area contributed by atoms with E-state index in [-0.39, 0.29) is 11.2 Å². The summed E-state index contributed by atoms with van der Waals surface area (Å²) in [5.74, 6) is 0.624. The van der Waals surface area contributed by atoms with Crippen molar-refractivity contribution in [1.82, 2.24) is 0 Å². The number of nitrogens with two attached hydrogens (primary N) is 1. The van der Waals surface area contributed by atoms with Crippen molar-refractivity contribution in [2.45, 2.75) is 90.4 Å². The van der Waals surface area contributed by atoms with Crippen LogP contribution in [0.25, 0.3) is 0 Å². The lowest BCUT2D eigenvalue weighted by molar-refractivity contribution is 0.286. The molecule has 0 amide bonds. The summed E-state index contributed by atoms with van der Waals surface area (Å²) in [6.45, 7) is 2.67. The van der Waals surface area contributed by atoms with E-state index in [1.807, 2.05) is 0 Å². The van der Waals surface area contributed by atoms with Gasteiger partial charge in [0.25, 0.3) is 0 Å². The lowest BCUT2D eigenvalue weighted by atomic mass is 9.81. The van der Waals surface area contributed by atoms with Gasteiger partial charge >= 0.3 is 0 Å². The molecule has 0 atom stereocenters. The monoisotopic (exact) mass is 331 g/mol. The third-order valence-electron chi connectivity index (χ3n) is 5.04. The summed E-state index contributed by atoms with van der Waals surface area (Å²) in [5, 5.41) is 0. The van der Waals surface area contributed by atoms with Crippen LogP contribution in [0.1, 0.15) is 90.4 Å². The average molecular weight is 332 g/mol. The van der Waals surface area contributed by atoms with Crippen molar-refractivity contribution < 1.29 is 8.42 Å². The molecule has 1 aliphatic carbocycles. The Hall–Kier alpha value is -0.0900. The van der Waals surface area contributed by atoms with Crippen LogP contribution in [0, 0.1) is 5.41 Å². The molecule has 0 spiro atoms. The fourth-order valence-corrected chi connectivity index (χ4v) is 5.79. The summed E-state index contributed by atoms with van der Waals surface area (Å²) in [6.07, 6.45) is 15.7. The smallest absolute Gasteiger partial charge is 0.150 e. The van der Waals surface area contributed by atoms with Crippen molar-refractivity contribution >= 4 is 9.84 Å². The van der Waals surface area contributed by atoms with Gasteiger partial charge in [0.1, 0.15) is 0 Å². The third kappa shape index (κ3) is 9.14. The van der Waals surface area contributed by atoms with Gasteiger partial charge in [0.15, 0.2) is 9.84 Å². The Bertz CT molecular complexity index is 365. The third-order valence-corrected chi connectivity index (χ3v) is 7.09. The van der Waals surface area contributed by atoms with Crippen LogP contribution >= 0.6 is 0 Å². The molecule has 1 saturated carbocycles. The largest absolute Gasteiger partial charge is 0.330 e. The van der Waals surface area contributed by atoms with Crippen LogP contribution in [0.4, 0.5) is 0 Å². The molecule has 0 aromatic rings. The van der Waals surface area contributed by atoms with E-state index < -0.39 is 9.84 Å². The van der Waals surface area contributed by atoms with Crippen molar-refractivity contribution in [3.63, 3.8) is 0 Å². The molecule has 3 nitrogen and oxygen atoms in total. The first-order valence-corrected chi connectivity index (χ1v) is 11.2. The van der Waals surface area contributed by atoms with Gasteiger partial charge in [-0.2, -0.15) is 0 Å². The first-order valence-electron chi connectivity index (χ1n) is 9.38. The topological polar surface area (TPSA) is 60.2 Å². The summed E-state index contributed by atoms with van der Waals surface area (Å²) >= 11 is 0. The predicted molar refractivity (Wildman–Crippen MR) is 95.8 cm³/mol. The lowest BCUT2D eigenvalue weighted by Gasteiger charge is -2.29. The number of sulfone groups is 1. The van der Waals surface area contributed by atoms with Crippen molar-refractivity contribution in [1.29, 1.82) is 0 Å². The maximum Gasteiger partial charge on any atom is 0.150 e. The van der Waals surface area contributed by atoms with Crippen LogP contribution in [-0.2, 0) is 9.84 Å². The van der Waals surface area contributed by atoms with Crippen LogP contribution in [0.15, 0.2) is 0 Å². The lowest BCUT2D eigenvalue weighted by Crippen LogP contribution is -2.29. The Labute approximate surface area is 138 Å². The molecule has 0 unspecified atom stereocenters. The minimum absolute atomic E-state index is 0.0263. The average Bonchev–Trinajstić information content (AvgIpc) is 2.47. The molecule has 0 saturated heterocycles. The second-order valence-electron chi connectivity index (χ2n) is 7.58. The van der Waals surface area contributed by atoms with Crippen molar-refractivity contribution in [3.8, 4) is 0 Å². The van der Waals surface area contributed by atoms with E-state index in [4.69, 9.17) is 5.73 Å². The molecule has 132 valence electrons. The van der Waals surface area contributed by atoms with Gasteiger partial charge in [0, 0.05) is 0 Å². The molecule has 0 aromatic carbocycles. The summed E-state index contributed by atoms with van der Waals surface area (Å²) < 4.78 is 24.7. The zero-order valence-corrected chi connectivity index (χ0v) is 15.4. The van der Waals surface area contributed by atoms with E-state index >= 15 is 0 Å². The first kappa shape index (κ1) is 20.0. The zero-order chi connectivity index (χ0) is 16.3. The van der Waals surface area contributed by atoms with Gasteiger partial charge < -0.3 is 5.73 Å². The van der Waals surface area contributed by atoms with Gasteiger partial charge in [0.2, 0.25) is 0 Å². The van der Waals surface area contributed by atoms with Crippen molar-refractivity contribution in [2.75, 3.05) is 18.1 Å². The van der Waals surface area contributed by atoms with Gasteiger partial charge in [-0.25, -0.2) is 8.42 Å². The summed E-state index contributed by atoms with van der Waals surface area (Å²) in [4.78, 5) is 0. The van der Waals surface area contributed by atoms with Crippen molar-refractivity contribution in [3.05, 3.63) is 0 Å². The Morgan fingerprint density at radius 1 is 0.818 bits per heavy atom. The Kier molecular flexibility index (Phi) is 9.65. The van der Waals surface area contributed by atoms with E-state index in [0.717, 1.165) is 12.8 Å². The van der Waals surface area contributed by atoms with Crippen LogP contribution in [0.5, 0.6) is 0 Å². The Balaban J connectivity index is 2.58. The van der Waals surface area contributed by atoms with Gasteiger partial charge in [-0.15, -0.1) is 0 Å². The molecular formula is C18H37NO2S. The molecule has 0 radical (unpaired) electrons. The molecule has 0 aliphatic heterocycles. The highest BCUT2D eigenvalue weighted by Gasteiger charge is 2.29. The maximum absolute atomic E-state index is 12.3. The van der Waals surface area contributed by atoms with E-state index in [1.54, 1.807) is 0 Å². The fourth-order valence-electron chi connectivity index (χ4n) is 3.69. The molecule has 1 aliphatic rings. The molecule has 1 rings (SSSR count). The standard InChI is InChI=1S/C18H37NO2S/c1-18(17-22(20,21)16-12-15-19)13-10-8-6-4-2-3-5-7-9-11-14-18/h2-17,19H2,1H3. The van der Waals surface area contributed by atoms with Gasteiger partial charge in [-0.1, -0.05) is 71.1 Å². The highest BCUT2D eigenvalue weighted by Crippen LogP contribution is 2.33. The van der Waals surface area contributed by atoms with Crippen LogP contribution in [0.2, 0.25) is 0 Å². The summed E-state index contributed by atoms with van der Waals surface area (Å²) in [5.41, 5.74) is 5.44. The van der Waals surface area contributed by atoms with Gasteiger partial charge in [0.05, 0.1) is 11.5 Å². The Morgan fingerprint density at radius 2 is 1.23 bits per heavy atom. The quantitative estimate of drug-likeness (QED) is 0.809. The number of hydrogen-bond acceptors (Lipinski definition) is 3. The highest BCUT2D eigenvalue weighted by atomic mass is 32.2. The van der Waals surface area contributed by atoms with Crippen LogP contribution in [-0.4, -0.2) is 26.5 Å². The highest BCUT2D eigenvalue weighted by molar-refractivity contribution is 7.91. The predicted octanol–water partition coefficient (Wildman–Crippen LogP) is 4.45. The minimum atomic E-state index is -2.95. The molecule has 0 heterocycles. The first-order chi connectivity index (χ1) is 10.5. The second kappa shape index (κ2) is 10.6. The zero-order valence-electron chi connectivity index (χ0n) is 14.6. The molecule has 0 aromatic heterocycles. The second-order valence-corrected chi connectivity index (χ2v) is 9.76. The van der Waals surface area contributed by atoms with E-state index in [1.165, 1.54) is 64.2 Å². The van der Waals surface area contributed by atoms with Crippen LogP contribution in [0.3, 0.4) is 0 Å². The van der Waals surface area contributed by atoms with Crippen LogP contribution < -0.4 is 5.73 Å². The van der Waals surface area contributed by atoms with E-state index in [9.17, 15) is 8.42 Å². The van der Waals surface area contributed by atoms with E-state index in [0.29, 0.717) is 18.7 Å². The molecule has 4 heteroatoms. The maximum atomic E-state index is 12.3. The molecule has 2 N–H and O–H groups in total. The molecule has 1 fully saturated rings. The van der Waals surface area contributed by atoms with Gasteiger partial charge in [-0.3, -0.25) is 0 Å². The number of hydrogen-bond donors (Lipinski definition) is 1.